The van der Waals surface area contributed by atoms with Gasteiger partial charge in [0.1, 0.15) is 6.04 Å². The summed E-state index contributed by atoms with van der Waals surface area (Å²) in [5.41, 5.74) is 2.32. The predicted molar refractivity (Wildman–Crippen MR) is 144 cm³/mol. The Bertz CT molecular complexity index is 1130. The monoisotopic (exact) mass is 530 g/mol. The van der Waals surface area contributed by atoms with E-state index in [1.165, 1.54) is 0 Å². The molecule has 0 aliphatic heterocycles. The molecule has 3 rings (SSSR count). The Morgan fingerprint density at radius 1 is 0.857 bits per heavy atom. The quantitative estimate of drug-likeness (QED) is 0.320. The van der Waals surface area contributed by atoms with E-state index in [1.54, 1.807) is 35.2 Å². The molecule has 0 fully saturated rings. The van der Waals surface area contributed by atoms with Crippen molar-refractivity contribution in [2.45, 2.75) is 39.3 Å². The molecule has 0 heterocycles. The average molecular weight is 532 g/mol. The number of benzene rings is 3. The molecule has 1 N–H and O–H groups in total. The summed E-state index contributed by atoms with van der Waals surface area (Å²) in [6.45, 7) is 4.79. The number of hydrogen-bond acceptors (Lipinski definition) is 2. The van der Waals surface area contributed by atoms with Crippen LogP contribution in [0.3, 0.4) is 0 Å². The first-order chi connectivity index (χ1) is 16.7. The van der Waals surface area contributed by atoms with Crippen molar-refractivity contribution in [1.29, 1.82) is 0 Å². The molecular formula is C28H29Cl3N2O2. The lowest BCUT2D eigenvalue weighted by atomic mass is 10.0. The highest BCUT2D eigenvalue weighted by molar-refractivity contribution is 6.36. The lowest BCUT2D eigenvalue weighted by molar-refractivity contribution is -0.140. The maximum absolute atomic E-state index is 13.8. The second kappa shape index (κ2) is 13.0. The maximum Gasteiger partial charge on any atom is 0.243 e. The first kappa shape index (κ1) is 27.1. The van der Waals surface area contributed by atoms with Gasteiger partial charge >= 0.3 is 0 Å². The molecule has 0 saturated carbocycles. The van der Waals surface area contributed by atoms with E-state index in [9.17, 15) is 9.59 Å². The minimum Gasteiger partial charge on any atom is -0.354 e. The normalized spacial score (nSPS) is 11.8. The van der Waals surface area contributed by atoms with Crippen molar-refractivity contribution in [2.75, 3.05) is 6.54 Å². The summed E-state index contributed by atoms with van der Waals surface area (Å²) in [6.07, 6.45) is 0.342. The molecular weight excluding hydrogens is 503 g/mol. The van der Waals surface area contributed by atoms with Crippen molar-refractivity contribution < 1.29 is 9.59 Å². The second-order valence-corrected chi connectivity index (χ2v) is 10.1. The molecule has 3 aromatic carbocycles. The van der Waals surface area contributed by atoms with Gasteiger partial charge in [0.25, 0.3) is 0 Å². The smallest absolute Gasteiger partial charge is 0.243 e. The van der Waals surface area contributed by atoms with Crippen molar-refractivity contribution in [3.8, 4) is 0 Å². The number of amides is 2. The van der Waals surface area contributed by atoms with Gasteiger partial charge in [-0.2, -0.15) is 0 Å². The van der Waals surface area contributed by atoms with Crippen molar-refractivity contribution >= 4 is 46.6 Å². The van der Waals surface area contributed by atoms with Gasteiger partial charge in [0, 0.05) is 34.6 Å². The highest BCUT2D eigenvalue weighted by atomic mass is 35.5. The third-order valence-corrected chi connectivity index (χ3v) is 6.53. The van der Waals surface area contributed by atoms with E-state index in [1.807, 2.05) is 56.3 Å². The Morgan fingerprint density at radius 3 is 2.11 bits per heavy atom. The van der Waals surface area contributed by atoms with Gasteiger partial charge in [-0.3, -0.25) is 9.59 Å². The van der Waals surface area contributed by atoms with Gasteiger partial charge < -0.3 is 10.2 Å². The topological polar surface area (TPSA) is 49.4 Å². The summed E-state index contributed by atoms with van der Waals surface area (Å²) in [5.74, 6) is -0.181. The lowest BCUT2D eigenvalue weighted by Gasteiger charge is -2.32. The maximum atomic E-state index is 13.8. The molecule has 0 aliphatic carbocycles. The van der Waals surface area contributed by atoms with Crippen LogP contribution in [0, 0.1) is 5.92 Å². The number of carbonyl (C=O) groups is 2. The van der Waals surface area contributed by atoms with Gasteiger partial charge in [0.2, 0.25) is 11.8 Å². The van der Waals surface area contributed by atoms with Crippen molar-refractivity contribution in [1.82, 2.24) is 10.2 Å². The van der Waals surface area contributed by atoms with Crippen LogP contribution >= 0.6 is 34.8 Å². The van der Waals surface area contributed by atoms with E-state index in [-0.39, 0.29) is 30.7 Å². The first-order valence-electron chi connectivity index (χ1n) is 11.5. The molecule has 4 nitrogen and oxygen atoms in total. The van der Waals surface area contributed by atoms with Gasteiger partial charge in [-0.25, -0.2) is 0 Å². The van der Waals surface area contributed by atoms with Crippen LogP contribution in [0.15, 0.2) is 72.8 Å². The van der Waals surface area contributed by atoms with E-state index in [0.29, 0.717) is 33.6 Å². The predicted octanol–water partition coefficient (Wildman–Crippen LogP) is 6.60. The number of carbonyl (C=O) groups excluding carboxylic acids is 2. The summed E-state index contributed by atoms with van der Waals surface area (Å²) in [4.78, 5) is 28.8. The van der Waals surface area contributed by atoms with Gasteiger partial charge in [0.15, 0.2) is 0 Å². The third-order valence-electron chi connectivity index (χ3n) is 5.59. The van der Waals surface area contributed by atoms with E-state index >= 15 is 0 Å². The molecule has 0 unspecified atom stereocenters. The fourth-order valence-corrected chi connectivity index (χ4v) is 4.51. The zero-order chi connectivity index (χ0) is 25.4. The number of nitrogens with one attached hydrogen (secondary N) is 1. The number of hydrogen-bond donors (Lipinski definition) is 1. The Morgan fingerprint density at radius 2 is 1.49 bits per heavy atom. The summed E-state index contributed by atoms with van der Waals surface area (Å²) in [7, 11) is 0. The Labute approximate surface area is 222 Å². The van der Waals surface area contributed by atoms with E-state index in [0.717, 1.165) is 11.1 Å². The summed E-state index contributed by atoms with van der Waals surface area (Å²) >= 11 is 18.9. The summed E-state index contributed by atoms with van der Waals surface area (Å²) < 4.78 is 0. The SMILES string of the molecule is CC(C)CNC(=O)[C@H](Cc1ccccc1)N(Cc1cccc(Cl)c1)C(=O)Cc1c(Cl)cccc1Cl. The highest BCUT2D eigenvalue weighted by Crippen LogP contribution is 2.26. The summed E-state index contributed by atoms with van der Waals surface area (Å²) in [6, 6.07) is 21.4. The first-order valence-corrected chi connectivity index (χ1v) is 12.7. The van der Waals surface area contributed by atoms with Crippen molar-refractivity contribution in [3.05, 3.63) is 105 Å². The van der Waals surface area contributed by atoms with Crippen molar-refractivity contribution in [2.24, 2.45) is 5.92 Å². The van der Waals surface area contributed by atoms with Crippen LogP contribution in [0.25, 0.3) is 0 Å². The number of halogens is 3. The number of nitrogens with zero attached hydrogens (tertiary/aromatic N) is 1. The Kier molecular flexibility index (Phi) is 10.0. The van der Waals surface area contributed by atoms with Gasteiger partial charge in [-0.15, -0.1) is 0 Å². The van der Waals surface area contributed by atoms with Crippen LogP contribution in [0.2, 0.25) is 15.1 Å². The van der Waals surface area contributed by atoms with Crippen molar-refractivity contribution in [3.63, 3.8) is 0 Å². The van der Waals surface area contributed by atoms with Gasteiger partial charge in [-0.05, 0) is 46.9 Å². The van der Waals surface area contributed by atoms with Crippen LogP contribution in [0.4, 0.5) is 0 Å². The molecule has 3 aromatic rings. The Hall–Kier alpha value is -2.53. The Balaban J connectivity index is 2.00. The lowest BCUT2D eigenvalue weighted by Crippen LogP contribution is -2.51. The van der Waals surface area contributed by atoms with E-state index < -0.39 is 6.04 Å². The molecule has 7 heteroatoms. The second-order valence-electron chi connectivity index (χ2n) is 8.87. The average Bonchev–Trinajstić information content (AvgIpc) is 2.82. The molecule has 2 amide bonds. The van der Waals surface area contributed by atoms with E-state index in [2.05, 4.69) is 5.32 Å². The fourth-order valence-electron chi connectivity index (χ4n) is 3.76. The summed E-state index contributed by atoms with van der Waals surface area (Å²) in [5, 5.41) is 4.40. The fraction of sp³-hybridized carbons (Fsp3) is 0.286. The van der Waals surface area contributed by atoms with E-state index in [4.69, 9.17) is 34.8 Å². The van der Waals surface area contributed by atoms with Gasteiger partial charge in [-0.1, -0.05) is 97.2 Å². The highest BCUT2D eigenvalue weighted by Gasteiger charge is 2.31. The van der Waals surface area contributed by atoms with Crippen LogP contribution < -0.4 is 5.32 Å². The molecule has 0 saturated heterocycles. The number of rotatable bonds is 10. The molecule has 0 aromatic heterocycles. The molecule has 0 aliphatic rings. The molecule has 35 heavy (non-hydrogen) atoms. The van der Waals surface area contributed by atoms with Gasteiger partial charge in [0.05, 0.1) is 6.42 Å². The third kappa shape index (κ3) is 7.99. The molecule has 0 bridgehead atoms. The molecule has 184 valence electrons. The minimum atomic E-state index is -0.733. The van der Waals surface area contributed by atoms with Crippen LogP contribution in [0.1, 0.15) is 30.5 Å². The molecule has 1 atom stereocenters. The standard InChI is InChI=1S/C28H29Cl3N2O2/c1-19(2)17-32-28(35)26(15-20-8-4-3-5-9-20)33(18-21-10-6-11-22(29)14-21)27(34)16-23-24(30)12-7-13-25(23)31/h3-14,19,26H,15-18H2,1-2H3,(H,32,35)/t26-/m0/s1. The zero-order valence-corrected chi connectivity index (χ0v) is 22.1. The van der Waals surface area contributed by atoms with Crippen LogP contribution in [-0.4, -0.2) is 29.3 Å². The largest absolute Gasteiger partial charge is 0.354 e. The molecule has 0 radical (unpaired) electrons. The van der Waals surface area contributed by atoms with Crippen LogP contribution in [-0.2, 0) is 29.0 Å². The minimum absolute atomic E-state index is 0.0260. The zero-order valence-electron chi connectivity index (χ0n) is 19.8. The van der Waals surface area contributed by atoms with Crippen LogP contribution in [0.5, 0.6) is 0 Å². The molecule has 0 spiro atoms.